The van der Waals surface area contributed by atoms with Crippen LogP contribution in [0.2, 0.25) is 5.02 Å². The molecule has 0 bridgehead atoms. The second-order valence-electron chi connectivity index (χ2n) is 3.29. The van der Waals surface area contributed by atoms with E-state index >= 15 is 0 Å². The van der Waals surface area contributed by atoms with Gasteiger partial charge in [0.15, 0.2) is 5.82 Å². The molecule has 74 valence electrons. The summed E-state index contributed by atoms with van der Waals surface area (Å²) in [5, 5.41) is 2.89. The lowest BCUT2D eigenvalue weighted by atomic mass is 10.1. The summed E-state index contributed by atoms with van der Waals surface area (Å²) in [6, 6.07) is 0. The summed E-state index contributed by atoms with van der Waals surface area (Å²) in [5.74, 6) is 2.80. The third-order valence-corrected chi connectivity index (χ3v) is 1.94. The van der Waals surface area contributed by atoms with Crippen LogP contribution in [0.1, 0.15) is 13.8 Å². The highest BCUT2D eigenvalue weighted by atomic mass is 35.5. The molecule has 0 saturated heterocycles. The van der Waals surface area contributed by atoms with Gasteiger partial charge in [0.2, 0.25) is 0 Å². The molecule has 1 aromatic heterocycles. The molecule has 0 saturated carbocycles. The number of nitrogens with zero attached hydrogens (tertiary/aromatic N) is 1. The van der Waals surface area contributed by atoms with Crippen molar-refractivity contribution in [3.63, 3.8) is 0 Å². The number of terminal acetylenes is 1. The van der Waals surface area contributed by atoms with E-state index in [9.17, 15) is 4.79 Å². The van der Waals surface area contributed by atoms with E-state index < -0.39 is 11.1 Å². The molecule has 0 amide bonds. The van der Waals surface area contributed by atoms with E-state index in [0.29, 0.717) is 5.82 Å². The van der Waals surface area contributed by atoms with Crippen LogP contribution in [0.25, 0.3) is 0 Å². The maximum Gasteiger partial charge on any atom is 0.271 e. The molecule has 0 radical (unpaired) electrons. The van der Waals surface area contributed by atoms with Crippen molar-refractivity contribution in [3.05, 3.63) is 21.7 Å². The van der Waals surface area contributed by atoms with Crippen LogP contribution >= 0.6 is 11.6 Å². The summed E-state index contributed by atoms with van der Waals surface area (Å²) >= 11 is 5.72. The zero-order valence-electron chi connectivity index (χ0n) is 7.89. The fourth-order valence-corrected chi connectivity index (χ4v) is 0.953. The first-order valence-corrected chi connectivity index (χ1v) is 4.33. The molecule has 1 aromatic rings. The van der Waals surface area contributed by atoms with Crippen LogP contribution in [0.4, 0.5) is 5.82 Å². The molecule has 0 fully saturated rings. The van der Waals surface area contributed by atoms with Gasteiger partial charge < -0.3 is 10.3 Å². The standard InChI is InChI=1S/C9H10ClN3O/c1-4-9(2,3)13-7-6(10)8(14)12-5-11-7/h1,5H,2-3H3,(H2,11,12,13,14). The van der Waals surface area contributed by atoms with Crippen LogP contribution in [-0.4, -0.2) is 15.5 Å². The van der Waals surface area contributed by atoms with Crippen molar-refractivity contribution in [2.24, 2.45) is 0 Å². The Kier molecular flexibility index (Phi) is 2.82. The summed E-state index contributed by atoms with van der Waals surface area (Å²) in [6.07, 6.45) is 6.54. The average molecular weight is 212 g/mol. The smallest absolute Gasteiger partial charge is 0.271 e. The van der Waals surface area contributed by atoms with E-state index in [2.05, 4.69) is 21.2 Å². The summed E-state index contributed by atoms with van der Waals surface area (Å²) in [7, 11) is 0. The molecule has 5 heteroatoms. The lowest BCUT2D eigenvalue weighted by Gasteiger charge is -2.20. The average Bonchev–Trinajstić information content (AvgIpc) is 2.13. The Morgan fingerprint density at radius 2 is 2.36 bits per heavy atom. The number of hydrogen-bond acceptors (Lipinski definition) is 3. The number of anilines is 1. The molecule has 1 heterocycles. The topological polar surface area (TPSA) is 57.8 Å². The van der Waals surface area contributed by atoms with Crippen molar-refractivity contribution in [3.8, 4) is 12.3 Å². The van der Waals surface area contributed by atoms with Crippen LogP contribution in [-0.2, 0) is 0 Å². The Balaban J connectivity index is 3.06. The monoisotopic (exact) mass is 211 g/mol. The largest absolute Gasteiger partial charge is 0.353 e. The van der Waals surface area contributed by atoms with Gasteiger partial charge in [-0.1, -0.05) is 17.5 Å². The fourth-order valence-electron chi connectivity index (χ4n) is 0.802. The van der Waals surface area contributed by atoms with E-state index in [1.54, 1.807) is 13.8 Å². The number of rotatable bonds is 2. The van der Waals surface area contributed by atoms with E-state index in [0.717, 1.165) is 0 Å². The lowest BCUT2D eigenvalue weighted by molar-refractivity contribution is 0.734. The quantitative estimate of drug-likeness (QED) is 0.724. The molecule has 2 N–H and O–H groups in total. The summed E-state index contributed by atoms with van der Waals surface area (Å²) < 4.78 is 0. The van der Waals surface area contributed by atoms with Gasteiger partial charge >= 0.3 is 0 Å². The first-order valence-electron chi connectivity index (χ1n) is 3.95. The predicted molar refractivity (Wildman–Crippen MR) is 56.4 cm³/mol. The van der Waals surface area contributed by atoms with E-state index in [1.165, 1.54) is 6.33 Å². The molecule has 0 atom stereocenters. The number of nitrogens with one attached hydrogen (secondary N) is 2. The zero-order chi connectivity index (χ0) is 10.8. The minimum absolute atomic E-state index is 0.0100. The molecule has 0 spiro atoms. The van der Waals surface area contributed by atoms with E-state index in [4.69, 9.17) is 18.0 Å². The summed E-state index contributed by atoms with van der Waals surface area (Å²) in [6.45, 7) is 3.57. The second-order valence-corrected chi connectivity index (χ2v) is 3.67. The van der Waals surface area contributed by atoms with Crippen LogP contribution in [0.5, 0.6) is 0 Å². The van der Waals surface area contributed by atoms with Gasteiger partial charge in [-0.3, -0.25) is 4.79 Å². The van der Waals surface area contributed by atoms with Crippen molar-refractivity contribution in [2.75, 3.05) is 5.32 Å². The van der Waals surface area contributed by atoms with Crippen molar-refractivity contribution in [1.82, 2.24) is 9.97 Å². The molecule has 1 rings (SSSR count). The highest BCUT2D eigenvalue weighted by Gasteiger charge is 2.16. The maximum absolute atomic E-state index is 11.1. The van der Waals surface area contributed by atoms with E-state index in [1.807, 2.05) is 0 Å². The van der Waals surface area contributed by atoms with Gasteiger partial charge in [-0.15, -0.1) is 6.42 Å². The van der Waals surface area contributed by atoms with Gasteiger partial charge in [-0.25, -0.2) is 4.98 Å². The van der Waals surface area contributed by atoms with Crippen LogP contribution in [0, 0.1) is 12.3 Å². The minimum atomic E-state index is -0.593. The number of halogens is 1. The van der Waals surface area contributed by atoms with Gasteiger partial charge in [0.05, 0.1) is 11.9 Å². The molecule has 14 heavy (non-hydrogen) atoms. The van der Waals surface area contributed by atoms with Crippen LogP contribution in [0.15, 0.2) is 11.1 Å². The number of aromatic nitrogens is 2. The molecule has 0 aliphatic carbocycles. The predicted octanol–water partition coefficient (Wildman–Crippen LogP) is 1.25. The van der Waals surface area contributed by atoms with Crippen molar-refractivity contribution in [2.45, 2.75) is 19.4 Å². The SMILES string of the molecule is C#CC(C)(C)Nc1nc[nH]c(=O)c1Cl. The molecule has 4 nitrogen and oxygen atoms in total. The zero-order valence-corrected chi connectivity index (χ0v) is 8.64. The van der Waals surface area contributed by atoms with Crippen molar-refractivity contribution in [1.29, 1.82) is 0 Å². The third-order valence-electron chi connectivity index (χ3n) is 1.59. The lowest BCUT2D eigenvalue weighted by Crippen LogP contribution is -2.30. The number of hydrogen-bond donors (Lipinski definition) is 2. The molecule has 0 unspecified atom stereocenters. The van der Waals surface area contributed by atoms with Gasteiger partial charge in [-0.2, -0.15) is 0 Å². The second kappa shape index (κ2) is 3.72. The van der Waals surface area contributed by atoms with Gasteiger partial charge in [0.25, 0.3) is 5.56 Å². The molecule has 0 aliphatic heterocycles. The molecule has 0 aromatic carbocycles. The van der Waals surface area contributed by atoms with Gasteiger partial charge in [0, 0.05) is 0 Å². The highest BCUT2D eigenvalue weighted by molar-refractivity contribution is 6.32. The molecular formula is C9H10ClN3O. The Labute approximate surface area is 86.7 Å². The van der Waals surface area contributed by atoms with Crippen LogP contribution in [0.3, 0.4) is 0 Å². The Morgan fingerprint density at radius 1 is 1.71 bits per heavy atom. The summed E-state index contributed by atoms with van der Waals surface area (Å²) in [4.78, 5) is 17.3. The Bertz CT molecular complexity index is 430. The fraction of sp³-hybridized carbons (Fsp3) is 0.333. The third kappa shape index (κ3) is 2.27. The highest BCUT2D eigenvalue weighted by Crippen LogP contribution is 2.17. The first kappa shape index (κ1) is 10.6. The Morgan fingerprint density at radius 3 is 2.93 bits per heavy atom. The molecule has 0 aliphatic rings. The summed E-state index contributed by atoms with van der Waals surface area (Å²) in [5.41, 5.74) is -0.985. The van der Waals surface area contributed by atoms with Gasteiger partial charge in [-0.05, 0) is 13.8 Å². The first-order chi connectivity index (χ1) is 6.46. The van der Waals surface area contributed by atoms with E-state index in [-0.39, 0.29) is 5.02 Å². The maximum atomic E-state index is 11.1. The minimum Gasteiger partial charge on any atom is -0.353 e. The Hall–Kier alpha value is -1.47. The number of aromatic amines is 1. The van der Waals surface area contributed by atoms with Crippen molar-refractivity contribution < 1.29 is 0 Å². The molecular weight excluding hydrogens is 202 g/mol. The van der Waals surface area contributed by atoms with Crippen molar-refractivity contribution >= 4 is 17.4 Å². The number of H-pyrrole nitrogens is 1. The normalized spacial score (nSPS) is 10.7. The van der Waals surface area contributed by atoms with Gasteiger partial charge in [0.1, 0.15) is 5.02 Å². The van der Waals surface area contributed by atoms with Crippen LogP contribution < -0.4 is 10.9 Å².